The van der Waals surface area contributed by atoms with Crippen LogP contribution in [0.15, 0.2) is 24.4 Å². The van der Waals surface area contributed by atoms with Crippen LogP contribution in [0.4, 0.5) is 20.2 Å². The molecule has 1 atom stereocenters. The number of rotatable bonds is 7. The molecule has 1 amide bonds. The topological polar surface area (TPSA) is 109 Å². The standard InChI is InChI=1S/C18H19F2N5O3S/c1-9(2)8-29(27)25-13-5-4-12(19)14(15(13)20)17(26)22-10-6-11-16(21-7-10)23-24-18(11)28-3/h4-7,9,25H,8H2,1-3H3,(H,22,26)(H,21,23,24). The van der Waals surface area contributed by atoms with E-state index in [1.165, 1.54) is 19.4 Å². The number of nitrogens with one attached hydrogen (secondary N) is 3. The maximum atomic E-state index is 14.8. The summed E-state index contributed by atoms with van der Waals surface area (Å²) >= 11 is 0. The number of halogens is 2. The van der Waals surface area contributed by atoms with E-state index in [-0.39, 0.29) is 28.9 Å². The van der Waals surface area contributed by atoms with Crippen molar-refractivity contribution >= 4 is 39.3 Å². The Balaban J connectivity index is 1.87. The highest BCUT2D eigenvalue weighted by Gasteiger charge is 2.22. The molecule has 0 fully saturated rings. The van der Waals surface area contributed by atoms with Crippen molar-refractivity contribution in [3.05, 3.63) is 41.6 Å². The maximum absolute atomic E-state index is 14.8. The Morgan fingerprint density at radius 2 is 2.10 bits per heavy atom. The van der Waals surface area contributed by atoms with E-state index in [2.05, 4.69) is 25.2 Å². The molecular weight excluding hydrogens is 404 g/mol. The van der Waals surface area contributed by atoms with Gasteiger partial charge in [0.2, 0.25) is 5.88 Å². The van der Waals surface area contributed by atoms with Gasteiger partial charge >= 0.3 is 0 Å². The zero-order chi connectivity index (χ0) is 21.1. The first-order valence-corrected chi connectivity index (χ1v) is 9.94. The number of aromatic nitrogens is 3. The van der Waals surface area contributed by atoms with Gasteiger partial charge < -0.3 is 14.8 Å². The second-order valence-corrected chi connectivity index (χ2v) is 7.83. The van der Waals surface area contributed by atoms with Gasteiger partial charge in [-0.25, -0.2) is 18.0 Å². The van der Waals surface area contributed by atoms with Gasteiger partial charge in [0.05, 0.1) is 30.1 Å². The predicted octanol–water partition coefficient (Wildman–Crippen LogP) is 3.23. The van der Waals surface area contributed by atoms with E-state index in [9.17, 15) is 17.8 Å². The highest BCUT2D eigenvalue weighted by molar-refractivity contribution is 7.86. The third-order valence-corrected chi connectivity index (χ3v) is 5.28. The third-order valence-electron chi connectivity index (χ3n) is 3.86. The molecular formula is C18H19F2N5O3S. The molecule has 0 bridgehead atoms. The lowest BCUT2D eigenvalue weighted by atomic mass is 10.1. The number of fused-ring (bicyclic) bond motifs is 1. The zero-order valence-corrected chi connectivity index (χ0v) is 16.7. The first-order chi connectivity index (χ1) is 13.8. The largest absolute Gasteiger partial charge is 0.479 e. The molecule has 2 heterocycles. The molecule has 29 heavy (non-hydrogen) atoms. The third kappa shape index (κ3) is 4.50. The molecule has 0 aliphatic heterocycles. The van der Waals surface area contributed by atoms with Gasteiger partial charge in [-0.05, 0) is 24.1 Å². The van der Waals surface area contributed by atoms with Crippen LogP contribution in [0.25, 0.3) is 11.0 Å². The molecule has 3 N–H and O–H groups in total. The Morgan fingerprint density at radius 1 is 1.34 bits per heavy atom. The number of aromatic amines is 1. The fourth-order valence-electron chi connectivity index (χ4n) is 2.60. The smallest absolute Gasteiger partial charge is 0.261 e. The fourth-order valence-corrected chi connectivity index (χ4v) is 3.70. The second kappa shape index (κ2) is 8.52. The summed E-state index contributed by atoms with van der Waals surface area (Å²) in [5, 5.41) is 9.45. The van der Waals surface area contributed by atoms with E-state index in [1.807, 2.05) is 13.8 Å². The fraction of sp³-hybridized carbons (Fsp3) is 0.278. The van der Waals surface area contributed by atoms with Gasteiger partial charge in [0.15, 0.2) is 11.5 Å². The van der Waals surface area contributed by atoms with Gasteiger partial charge in [0, 0.05) is 5.75 Å². The van der Waals surface area contributed by atoms with E-state index in [4.69, 9.17) is 4.74 Å². The van der Waals surface area contributed by atoms with Gasteiger partial charge in [0.1, 0.15) is 22.4 Å². The molecule has 0 saturated heterocycles. The van der Waals surface area contributed by atoms with Crippen LogP contribution in [0.3, 0.4) is 0 Å². The number of nitrogens with zero attached hydrogens (tertiary/aromatic N) is 2. The molecule has 3 aromatic rings. The molecule has 0 spiro atoms. The SMILES string of the molecule is COc1n[nH]c2ncc(NC(=O)c3c(F)ccc(NS(=O)CC(C)C)c3F)cc12. The number of amides is 1. The average molecular weight is 423 g/mol. The highest BCUT2D eigenvalue weighted by atomic mass is 32.2. The number of carbonyl (C=O) groups is 1. The minimum Gasteiger partial charge on any atom is -0.479 e. The van der Waals surface area contributed by atoms with E-state index in [1.54, 1.807) is 0 Å². The zero-order valence-electron chi connectivity index (χ0n) is 15.9. The molecule has 154 valence electrons. The van der Waals surface area contributed by atoms with Crippen LogP contribution in [0.1, 0.15) is 24.2 Å². The molecule has 1 aromatic carbocycles. The number of hydrogen-bond donors (Lipinski definition) is 3. The van der Waals surface area contributed by atoms with Gasteiger partial charge in [-0.1, -0.05) is 13.8 Å². The van der Waals surface area contributed by atoms with E-state index in [0.29, 0.717) is 11.0 Å². The predicted molar refractivity (Wildman–Crippen MR) is 106 cm³/mol. The molecule has 0 aliphatic rings. The number of ether oxygens (including phenoxy) is 1. The van der Waals surface area contributed by atoms with Gasteiger partial charge in [-0.3, -0.25) is 9.89 Å². The quantitative estimate of drug-likeness (QED) is 0.541. The number of anilines is 2. The minimum atomic E-state index is -1.57. The summed E-state index contributed by atoms with van der Waals surface area (Å²) in [6, 6.07) is 3.55. The molecule has 0 radical (unpaired) electrons. The number of H-pyrrole nitrogens is 1. The molecule has 3 rings (SSSR count). The van der Waals surface area contributed by atoms with Crippen molar-refractivity contribution in [1.82, 2.24) is 15.2 Å². The Hall–Kier alpha value is -3.08. The minimum absolute atomic E-state index is 0.108. The number of pyridine rings is 1. The normalized spacial score (nSPS) is 12.2. The molecule has 0 saturated carbocycles. The van der Waals surface area contributed by atoms with Crippen molar-refractivity contribution in [3.8, 4) is 5.88 Å². The summed E-state index contributed by atoms with van der Waals surface area (Å²) in [5.41, 5.74) is -0.393. The van der Waals surface area contributed by atoms with Crippen molar-refractivity contribution < 1.29 is 22.5 Å². The number of carbonyl (C=O) groups excluding carboxylic acids is 1. The second-order valence-electron chi connectivity index (χ2n) is 6.60. The van der Waals surface area contributed by atoms with Crippen LogP contribution < -0.4 is 14.8 Å². The van der Waals surface area contributed by atoms with E-state index >= 15 is 0 Å². The lowest BCUT2D eigenvalue weighted by molar-refractivity contribution is 0.101. The van der Waals surface area contributed by atoms with Gasteiger partial charge in [-0.15, -0.1) is 5.10 Å². The molecule has 2 aromatic heterocycles. The monoisotopic (exact) mass is 423 g/mol. The van der Waals surface area contributed by atoms with E-state index in [0.717, 1.165) is 12.1 Å². The van der Waals surface area contributed by atoms with Gasteiger partial charge in [0.25, 0.3) is 5.91 Å². The van der Waals surface area contributed by atoms with E-state index < -0.39 is 34.1 Å². The molecule has 1 unspecified atom stereocenters. The average Bonchev–Trinajstić information content (AvgIpc) is 3.06. The van der Waals surface area contributed by atoms with Crippen molar-refractivity contribution in [1.29, 1.82) is 0 Å². The Kier molecular flexibility index (Phi) is 6.06. The lowest BCUT2D eigenvalue weighted by Crippen LogP contribution is -2.19. The van der Waals surface area contributed by atoms with Crippen molar-refractivity contribution in [2.45, 2.75) is 13.8 Å². The molecule has 11 heteroatoms. The van der Waals surface area contributed by atoms with Crippen molar-refractivity contribution in [2.24, 2.45) is 5.92 Å². The summed E-state index contributed by atoms with van der Waals surface area (Å²) in [6.07, 6.45) is 1.31. The first-order valence-electron chi connectivity index (χ1n) is 8.62. The Bertz CT molecular complexity index is 1090. The summed E-state index contributed by atoms with van der Waals surface area (Å²) < 4.78 is 48.5. The van der Waals surface area contributed by atoms with Crippen LogP contribution in [0.5, 0.6) is 5.88 Å². The Morgan fingerprint density at radius 3 is 2.79 bits per heavy atom. The summed E-state index contributed by atoms with van der Waals surface area (Å²) in [7, 11) is -0.147. The van der Waals surface area contributed by atoms with Crippen LogP contribution in [0.2, 0.25) is 0 Å². The summed E-state index contributed by atoms with van der Waals surface area (Å²) in [5.74, 6) is -2.54. The molecule has 0 aliphatic carbocycles. The highest BCUT2D eigenvalue weighted by Crippen LogP contribution is 2.26. The number of hydrogen-bond acceptors (Lipinski definition) is 5. The van der Waals surface area contributed by atoms with Crippen molar-refractivity contribution in [2.75, 3.05) is 22.9 Å². The summed E-state index contributed by atoms with van der Waals surface area (Å²) in [6.45, 7) is 3.72. The number of methoxy groups -OCH3 is 1. The first kappa shape index (κ1) is 20.6. The van der Waals surface area contributed by atoms with Crippen LogP contribution in [-0.4, -0.2) is 38.2 Å². The summed E-state index contributed by atoms with van der Waals surface area (Å²) in [4.78, 5) is 16.6. The van der Waals surface area contributed by atoms with Crippen molar-refractivity contribution in [3.63, 3.8) is 0 Å². The Labute approximate surface area is 167 Å². The maximum Gasteiger partial charge on any atom is 0.261 e. The van der Waals surface area contributed by atoms with Gasteiger partial charge in [-0.2, -0.15) is 0 Å². The molecule has 8 nitrogen and oxygen atoms in total. The van der Waals surface area contributed by atoms with Crippen LogP contribution >= 0.6 is 0 Å². The lowest BCUT2D eigenvalue weighted by Gasteiger charge is -2.12. The van der Waals surface area contributed by atoms with Crippen LogP contribution in [-0.2, 0) is 11.0 Å². The van der Waals surface area contributed by atoms with Crippen LogP contribution in [0, 0.1) is 17.6 Å². The number of benzene rings is 1.